The fourth-order valence-electron chi connectivity index (χ4n) is 4.82. The van der Waals surface area contributed by atoms with Gasteiger partial charge in [0, 0.05) is 39.6 Å². The second-order valence-electron chi connectivity index (χ2n) is 10.9. The summed E-state index contributed by atoms with van der Waals surface area (Å²) >= 11 is 0. The van der Waals surface area contributed by atoms with Gasteiger partial charge in [-0.15, -0.1) is 0 Å². The van der Waals surface area contributed by atoms with Crippen molar-refractivity contribution in [3.63, 3.8) is 0 Å². The second-order valence-corrected chi connectivity index (χ2v) is 12.9. The monoisotopic (exact) mass is 589 g/mol. The lowest BCUT2D eigenvalue weighted by atomic mass is 9.77. The van der Waals surface area contributed by atoms with E-state index < -0.39 is 9.84 Å². The van der Waals surface area contributed by atoms with E-state index in [9.17, 15) is 18.0 Å². The summed E-state index contributed by atoms with van der Waals surface area (Å²) < 4.78 is 33.2. The molecule has 1 atom stereocenters. The quantitative estimate of drug-likeness (QED) is 0.312. The van der Waals surface area contributed by atoms with Crippen molar-refractivity contribution >= 4 is 22.7 Å². The molecule has 0 aliphatic carbocycles. The maximum Gasteiger partial charge on any atom is 0.210 e. The van der Waals surface area contributed by atoms with Crippen LogP contribution in [0.2, 0.25) is 0 Å². The lowest BCUT2D eigenvalue weighted by Crippen LogP contribution is -2.41. The Morgan fingerprint density at radius 2 is 1.76 bits per heavy atom. The molecule has 2 aromatic carbocycles. The first-order chi connectivity index (χ1) is 19.6. The van der Waals surface area contributed by atoms with Gasteiger partial charge in [-0.3, -0.25) is 9.59 Å². The number of carbonyl (C=O) groups excluding carboxylic acids is 2. The van der Waals surface area contributed by atoms with Crippen molar-refractivity contribution in [1.29, 1.82) is 0 Å². The molecule has 2 aromatic rings. The molecule has 41 heavy (non-hydrogen) atoms. The van der Waals surface area contributed by atoms with E-state index in [1.165, 1.54) is 6.26 Å². The van der Waals surface area contributed by atoms with Gasteiger partial charge in [0.05, 0.1) is 18.0 Å². The topological polar surface area (TPSA) is 105 Å². The number of hydrogen-bond donors (Lipinski definition) is 1. The minimum absolute atomic E-state index is 0.0615. The fourth-order valence-corrected chi connectivity index (χ4v) is 5.45. The smallest absolute Gasteiger partial charge is 0.210 e. The summed E-state index contributed by atoms with van der Waals surface area (Å²) in [5, 5.41) is 2.94. The predicted octanol–water partition coefficient (Wildman–Crippen LogP) is 4.08. The largest absolute Gasteiger partial charge is 0.497 e. The van der Waals surface area contributed by atoms with Crippen molar-refractivity contribution in [1.82, 2.24) is 15.1 Å². The maximum atomic E-state index is 11.7. The molecule has 0 saturated carbocycles. The van der Waals surface area contributed by atoms with Crippen molar-refractivity contribution in [2.24, 2.45) is 5.41 Å². The van der Waals surface area contributed by atoms with Gasteiger partial charge in [-0.05, 0) is 86.5 Å². The Kier molecular flexibility index (Phi) is 14.3. The number of likely N-dealkylation sites (tertiary alicyclic amines) is 1. The zero-order valence-corrected chi connectivity index (χ0v) is 26.0. The molecule has 0 spiro atoms. The highest BCUT2D eigenvalue weighted by molar-refractivity contribution is 7.90. The molecule has 228 valence electrons. The van der Waals surface area contributed by atoms with Crippen LogP contribution in [0.1, 0.15) is 56.7 Å². The highest BCUT2D eigenvalue weighted by Crippen LogP contribution is 2.35. The third kappa shape index (κ3) is 11.8. The van der Waals surface area contributed by atoms with E-state index in [0.717, 1.165) is 81.6 Å². The minimum atomic E-state index is -3.23. The second kappa shape index (κ2) is 17.1. The summed E-state index contributed by atoms with van der Waals surface area (Å²) in [6, 6.07) is 14.5. The number of rotatable bonds is 15. The highest BCUT2D eigenvalue weighted by Gasteiger charge is 2.30. The Morgan fingerprint density at radius 3 is 2.29 bits per heavy atom. The molecule has 0 aromatic heterocycles. The zero-order chi connectivity index (χ0) is 30.3. The van der Waals surface area contributed by atoms with E-state index in [1.807, 2.05) is 31.2 Å². The summed E-state index contributed by atoms with van der Waals surface area (Å²) in [4.78, 5) is 27.4. The molecule has 0 radical (unpaired) electrons. The average molecular weight is 590 g/mol. The van der Waals surface area contributed by atoms with Gasteiger partial charge in [0.1, 0.15) is 5.75 Å². The van der Waals surface area contributed by atoms with Crippen LogP contribution in [-0.4, -0.2) is 84.3 Å². The van der Waals surface area contributed by atoms with E-state index in [2.05, 4.69) is 21.9 Å². The normalized spacial score (nSPS) is 15.6. The molecule has 1 N–H and O–H groups in total. The van der Waals surface area contributed by atoms with Crippen LogP contribution in [0.4, 0.5) is 0 Å². The number of sulfone groups is 1. The van der Waals surface area contributed by atoms with E-state index in [0.29, 0.717) is 13.1 Å². The van der Waals surface area contributed by atoms with Gasteiger partial charge in [0.25, 0.3) is 0 Å². The summed E-state index contributed by atoms with van der Waals surface area (Å²) in [5.41, 5.74) is 2.10. The maximum absolute atomic E-state index is 11.7. The number of ether oxygens (including phenoxy) is 2. The van der Waals surface area contributed by atoms with Crippen molar-refractivity contribution in [2.75, 3.05) is 53.3 Å². The number of piperidine rings is 1. The number of amides is 2. The molecule has 1 fully saturated rings. The first-order valence-electron chi connectivity index (χ1n) is 14.1. The molecule has 1 heterocycles. The molecule has 1 aliphatic heterocycles. The lowest BCUT2D eigenvalue weighted by molar-refractivity contribution is -0.119. The van der Waals surface area contributed by atoms with Gasteiger partial charge < -0.3 is 24.6 Å². The molecule has 9 nitrogen and oxygen atoms in total. The zero-order valence-electron chi connectivity index (χ0n) is 25.2. The van der Waals surface area contributed by atoms with Gasteiger partial charge in [-0.25, -0.2) is 8.42 Å². The van der Waals surface area contributed by atoms with E-state index in [4.69, 9.17) is 4.74 Å². The van der Waals surface area contributed by atoms with Crippen LogP contribution in [0.15, 0.2) is 53.4 Å². The average Bonchev–Trinajstić information content (AvgIpc) is 2.98. The standard InChI is InChI=1S/C28H39N3O5S.C3H8O/c1-28(14-18-31(22-33)20-23-7-9-26(10-8-23)37(3,34)35)12-16-30(17-13-28)15-11-27(29-21-32)24-5-4-6-25(19-24)36-2;1-3-4-2/h4-10,19,21-22,27H,11-18,20H2,1-3H3,(H,29,32);3H2,1-2H3. The fraction of sp³-hybridized carbons (Fsp3) is 0.548. The van der Waals surface area contributed by atoms with Crippen LogP contribution in [0.3, 0.4) is 0 Å². The van der Waals surface area contributed by atoms with Crippen LogP contribution in [0.5, 0.6) is 5.75 Å². The van der Waals surface area contributed by atoms with Crippen LogP contribution < -0.4 is 10.1 Å². The summed E-state index contributed by atoms with van der Waals surface area (Å²) in [5.74, 6) is 0.777. The number of benzene rings is 2. The van der Waals surface area contributed by atoms with Crippen molar-refractivity contribution in [3.05, 3.63) is 59.7 Å². The highest BCUT2D eigenvalue weighted by atomic mass is 32.2. The molecule has 3 rings (SSSR count). The van der Waals surface area contributed by atoms with Gasteiger partial charge in [0.2, 0.25) is 12.8 Å². The Hall–Kier alpha value is -2.95. The molecular weight excluding hydrogens is 542 g/mol. The Balaban J connectivity index is 0.00000138. The number of methoxy groups -OCH3 is 2. The van der Waals surface area contributed by atoms with E-state index >= 15 is 0 Å². The first-order valence-corrected chi connectivity index (χ1v) is 16.0. The van der Waals surface area contributed by atoms with Gasteiger partial charge >= 0.3 is 0 Å². The van der Waals surface area contributed by atoms with Crippen molar-refractivity contribution in [2.45, 2.75) is 57.0 Å². The number of hydrogen-bond acceptors (Lipinski definition) is 7. The number of carbonyl (C=O) groups is 2. The Morgan fingerprint density at radius 1 is 1.10 bits per heavy atom. The van der Waals surface area contributed by atoms with Gasteiger partial charge in [-0.1, -0.05) is 31.2 Å². The van der Waals surface area contributed by atoms with Crippen molar-refractivity contribution in [3.8, 4) is 5.75 Å². The number of nitrogens with zero attached hydrogens (tertiary/aromatic N) is 2. The molecule has 2 amide bonds. The molecule has 1 aliphatic rings. The van der Waals surface area contributed by atoms with Gasteiger partial charge in [-0.2, -0.15) is 0 Å². The minimum Gasteiger partial charge on any atom is -0.497 e. The lowest BCUT2D eigenvalue weighted by Gasteiger charge is -2.40. The summed E-state index contributed by atoms with van der Waals surface area (Å²) in [6.07, 6.45) is 6.66. The predicted molar refractivity (Wildman–Crippen MR) is 162 cm³/mol. The molecule has 0 bridgehead atoms. The SMILES string of the molecule is CCOC.COc1cccc(C(CCN2CCC(C)(CCN(C=O)Cc3ccc(S(C)(=O)=O)cc3)CC2)NC=O)c1. The Bertz CT molecular complexity index is 1160. The summed E-state index contributed by atoms with van der Waals surface area (Å²) in [6.45, 7) is 9.05. The van der Waals surface area contributed by atoms with E-state index in [1.54, 1.807) is 43.4 Å². The molecule has 10 heteroatoms. The van der Waals surface area contributed by atoms with Crippen molar-refractivity contribution < 1.29 is 27.5 Å². The van der Waals surface area contributed by atoms with E-state index in [-0.39, 0.29) is 16.4 Å². The third-order valence-corrected chi connectivity index (χ3v) is 8.87. The van der Waals surface area contributed by atoms with Crippen LogP contribution in [-0.2, 0) is 30.7 Å². The first kappa shape index (κ1) is 34.3. The van der Waals surface area contributed by atoms with Crippen LogP contribution >= 0.6 is 0 Å². The molecule has 1 saturated heterocycles. The number of nitrogens with one attached hydrogen (secondary N) is 1. The Labute approximate surface area is 246 Å². The third-order valence-electron chi connectivity index (χ3n) is 7.74. The van der Waals surface area contributed by atoms with Crippen LogP contribution in [0.25, 0.3) is 0 Å². The molecule has 1 unspecified atom stereocenters. The summed E-state index contributed by atoms with van der Waals surface area (Å²) in [7, 11) is 0.0865. The van der Waals surface area contributed by atoms with Gasteiger partial charge in [0.15, 0.2) is 9.84 Å². The molecular formula is C31H47N3O6S. The van der Waals surface area contributed by atoms with Crippen LogP contribution in [0, 0.1) is 5.41 Å².